The molecule has 13 heavy (non-hydrogen) atoms. The first-order valence-corrected chi connectivity index (χ1v) is 4.56. The maximum absolute atomic E-state index is 10.5. The molecule has 0 fully saturated rings. The molecule has 0 spiro atoms. The highest BCUT2D eigenvalue weighted by molar-refractivity contribution is 8.04. The number of rotatable bonds is 3. The van der Waals surface area contributed by atoms with E-state index in [-0.39, 0.29) is 5.84 Å². The summed E-state index contributed by atoms with van der Waals surface area (Å²) in [5.41, 5.74) is 0. The molecule has 0 aromatic carbocycles. The highest BCUT2D eigenvalue weighted by atomic mass is 32.2. The molecule has 72 valence electrons. The summed E-state index contributed by atoms with van der Waals surface area (Å²) >= 11 is 0. The molecule has 0 aliphatic rings. The third kappa shape index (κ3) is 4.82. The van der Waals surface area contributed by atoms with Gasteiger partial charge in [0.2, 0.25) is 0 Å². The second kappa shape index (κ2) is 4.48. The summed E-state index contributed by atoms with van der Waals surface area (Å²) in [7, 11) is -4.00. The average Bonchev–Trinajstić information content (AvgIpc) is 1.99. The van der Waals surface area contributed by atoms with Gasteiger partial charge < -0.3 is 5.32 Å². The van der Waals surface area contributed by atoms with E-state index in [0.717, 1.165) is 18.5 Å². The molecule has 0 unspecified atom stereocenters. The van der Waals surface area contributed by atoms with Gasteiger partial charge in [-0.3, -0.25) is 16.2 Å². The third-order valence-corrected chi connectivity index (χ3v) is 1.68. The van der Waals surface area contributed by atoms with Gasteiger partial charge >= 0.3 is 0 Å². The zero-order valence-electron chi connectivity index (χ0n) is 6.53. The van der Waals surface area contributed by atoms with E-state index in [0.29, 0.717) is 0 Å². The van der Waals surface area contributed by atoms with Crippen molar-refractivity contribution in [3.05, 3.63) is 12.2 Å². The van der Waals surface area contributed by atoms with Crippen LogP contribution >= 0.6 is 0 Å². The molecule has 0 aliphatic carbocycles. The van der Waals surface area contributed by atoms with Crippen molar-refractivity contribution in [1.82, 2.24) is 5.32 Å². The van der Waals surface area contributed by atoms with Crippen LogP contribution in [0.2, 0.25) is 0 Å². The van der Waals surface area contributed by atoms with Crippen molar-refractivity contribution >= 4 is 27.2 Å². The Bertz CT molecular complexity index is 355. The minimum absolute atomic E-state index is 0.205. The maximum Gasteiger partial charge on any atom is 0.254 e. The molecule has 0 radical (unpaired) electrons. The Labute approximate surface area is 75.2 Å². The number of nitrogens with one attached hydrogen (secondary N) is 4. The molecule has 7 nitrogen and oxygen atoms in total. The van der Waals surface area contributed by atoms with Crippen molar-refractivity contribution in [2.75, 3.05) is 0 Å². The van der Waals surface area contributed by atoms with Gasteiger partial charge in [-0.25, -0.2) is 13.6 Å². The summed E-state index contributed by atoms with van der Waals surface area (Å²) in [4.78, 5) is 0. The molecule has 0 bridgehead atoms. The van der Waals surface area contributed by atoms with E-state index in [2.05, 4.69) is 10.5 Å². The third-order valence-electron chi connectivity index (χ3n) is 0.936. The van der Waals surface area contributed by atoms with Gasteiger partial charge in [0.1, 0.15) is 5.84 Å². The first-order chi connectivity index (χ1) is 5.88. The summed E-state index contributed by atoms with van der Waals surface area (Å²) in [5, 5.41) is 26.4. The Hall–Kier alpha value is -1.54. The molecule has 0 aliphatic heterocycles. The molecular weight excluding hydrogens is 194 g/mol. The topological polar surface area (TPSA) is 144 Å². The van der Waals surface area contributed by atoms with Crippen LogP contribution in [0.5, 0.6) is 0 Å². The van der Waals surface area contributed by atoms with Crippen LogP contribution in [0.3, 0.4) is 0 Å². The van der Waals surface area contributed by atoms with Crippen LogP contribution in [-0.4, -0.2) is 25.6 Å². The standard InChI is InChI=1S/C5H9N5O2S/c6-3-10-4(7)1-2-5(8)13(9,11)12/h1-3,8H,(H3,6,7,10)(H2,9,11,12)/b2-1-,8-5?. The van der Waals surface area contributed by atoms with Gasteiger partial charge in [-0.05, 0) is 12.2 Å². The Morgan fingerprint density at radius 1 is 1.31 bits per heavy atom. The van der Waals surface area contributed by atoms with Crippen LogP contribution in [-0.2, 0) is 10.0 Å². The summed E-state index contributed by atoms with van der Waals surface area (Å²) < 4.78 is 20.9. The highest BCUT2D eigenvalue weighted by Gasteiger charge is 2.06. The second-order valence-electron chi connectivity index (χ2n) is 1.94. The quantitative estimate of drug-likeness (QED) is 0.296. The van der Waals surface area contributed by atoms with Crippen LogP contribution in [0.1, 0.15) is 0 Å². The van der Waals surface area contributed by atoms with E-state index in [1.165, 1.54) is 0 Å². The van der Waals surface area contributed by atoms with Crippen molar-refractivity contribution in [3.8, 4) is 0 Å². The fourth-order valence-electron chi connectivity index (χ4n) is 0.380. The van der Waals surface area contributed by atoms with Gasteiger partial charge in [0.25, 0.3) is 10.0 Å². The van der Waals surface area contributed by atoms with E-state index in [4.69, 9.17) is 16.2 Å². The average molecular weight is 203 g/mol. The molecule has 0 aromatic heterocycles. The fraction of sp³-hybridized carbons (Fsp3) is 0. The number of primary sulfonamides is 1. The second-order valence-corrected chi connectivity index (χ2v) is 3.47. The summed E-state index contributed by atoms with van der Waals surface area (Å²) in [6.45, 7) is 0. The lowest BCUT2D eigenvalue weighted by molar-refractivity contribution is 0.608. The fourth-order valence-corrected chi connectivity index (χ4v) is 0.637. The van der Waals surface area contributed by atoms with Gasteiger partial charge in [-0.2, -0.15) is 0 Å². The minimum Gasteiger partial charge on any atom is -0.332 e. The van der Waals surface area contributed by atoms with Crippen LogP contribution in [0.15, 0.2) is 12.2 Å². The molecule has 0 aromatic rings. The van der Waals surface area contributed by atoms with Crippen LogP contribution in [0, 0.1) is 16.2 Å². The van der Waals surface area contributed by atoms with Gasteiger partial charge in [0.15, 0.2) is 5.04 Å². The van der Waals surface area contributed by atoms with Crippen molar-refractivity contribution in [1.29, 1.82) is 16.2 Å². The van der Waals surface area contributed by atoms with Gasteiger partial charge in [-0.15, -0.1) is 0 Å². The van der Waals surface area contributed by atoms with Crippen LogP contribution < -0.4 is 10.5 Å². The summed E-state index contributed by atoms with van der Waals surface area (Å²) in [6, 6.07) is 0. The zero-order chi connectivity index (χ0) is 10.5. The molecule has 0 heterocycles. The minimum atomic E-state index is -4.00. The molecule has 0 rings (SSSR count). The van der Waals surface area contributed by atoms with E-state index in [1.54, 1.807) is 0 Å². The number of hydrogen-bond donors (Lipinski definition) is 5. The Balaban J connectivity index is 4.38. The first-order valence-electron chi connectivity index (χ1n) is 3.01. The van der Waals surface area contributed by atoms with Crippen molar-refractivity contribution in [2.45, 2.75) is 0 Å². The predicted molar refractivity (Wildman–Crippen MR) is 49.6 cm³/mol. The summed E-state index contributed by atoms with van der Waals surface area (Å²) in [6.07, 6.45) is 2.62. The van der Waals surface area contributed by atoms with Gasteiger partial charge in [0, 0.05) is 0 Å². The predicted octanol–water partition coefficient (Wildman–Crippen LogP) is -1.02. The SMILES string of the molecule is N=CNC(=N)/C=C\C(=N)S(N)(=O)=O. The Morgan fingerprint density at radius 2 is 1.85 bits per heavy atom. The van der Waals surface area contributed by atoms with E-state index < -0.39 is 15.1 Å². The number of sulfonamides is 1. The number of amidine groups is 1. The molecule has 6 N–H and O–H groups in total. The monoisotopic (exact) mass is 203 g/mol. The lowest BCUT2D eigenvalue weighted by Gasteiger charge is -1.94. The highest BCUT2D eigenvalue weighted by Crippen LogP contribution is 1.85. The van der Waals surface area contributed by atoms with Gasteiger partial charge in [0.05, 0.1) is 6.34 Å². The molecular formula is C5H9N5O2S. The molecule has 8 heteroatoms. The molecule has 0 saturated carbocycles. The maximum atomic E-state index is 10.5. The molecule has 0 amide bonds. The lowest BCUT2D eigenvalue weighted by atomic mass is 10.5. The van der Waals surface area contributed by atoms with Crippen molar-refractivity contribution in [2.24, 2.45) is 5.14 Å². The van der Waals surface area contributed by atoms with Gasteiger partial charge in [-0.1, -0.05) is 0 Å². The number of nitrogens with two attached hydrogens (primary N) is 1. The smallest absolute Gasteiger partial charge is 0.254 e. The van der Waals surface area contributed by atoms with Crippen LogP contribution in [0.4, 0.5) is 0 Å². The van der Waals surface area contributed by atoms with E-state index >= 15 is 0 Å². The number of hydrogen-bond acceptors (Lipinski definition) is 5. The van der Waals surface area contributed by atoms with Crippen molar-refractivity contribution < 1.29 is 8.42 Å². The first kappa shape index (κ1) is 11.5. The Kier molecular flexibility index (Phi) is 3.95. The molecule has 0 atom stereocenters. The van der Waals surface area contributed by atoms with E-state index in [9.17, 15) is 8.42 Å². The Morgan fingerprint density at radius 3 is 2.23 bits per heavy atom. The molecule has 0 saturated heterocycles. The van der Waals surface area contributed by atoms with Crippen LogP contribution in [0.25, 0.3) is 0 Å². The van der Waals surface area contributed by atoms with E-state index in [1.807, 2.05) is 0 Å². The summed E-state index contributed by atoms with van der Waals surface area (Å²) in [5.74, 6) is -0.205. The van der Waals surface area contributed by atoms with Crippen molar-refractivity contribution in [3.63, 3.8) is 0 Å². The normalized spacial score (nSPS) is 11.2. The zero-order valence-corrected chi connectivity index (χ0v) is 7.35. The largest absolute Gasteiger partial charge is 0.332 e. The lowest BCUT2D eigenvalue weighted by Crippen LogP contribution is -2.22.